The summed E-state index contributed by atoms with van der Waals surface area (Å²) in [5.74, 6) is -2.69. The molecule has 1 aromatic carbocycles. The summed E-state index contributed by atoms with van der Waals surface area (Å²) in [4.78, 5) is 23.7. The third-order valence-electron chi connectivity index (χ3n) is 3.53. The SMILES string of the molecule is Cc1ccc(NC(=O)[C@H]2CC(Cl)=CC[C@H]2C(=O)O)c(Br)c1. The zero-order valence-corrected chi connectivity index (χ0v) is 13.7. The first-order valence-corrected chi connectivity index (χ1v) is 7.70. The first kappa shape index (κ1) is 16.0. The minimum absolute atomic E-state index is 0.258. The van der Waals surface area contributed by atoms with Gasteiger partial charge in [-0.05, 0) is 53.4 Å². The summed E-state index contributed by atoms with van der Waals surface area (Å²) in [5.41, 5.74) is 1.69. The molecule has 21 heavy (non-hydrogen) atoms. The van der Waals surface area contributed by atoms with E-state index in [-0.39, 0.29) is 18.7 Å². The fourth-order valence-corrected chi connectivity index (χ4v) is 3.20. The van der Waals surface area contributed by atoms with Crippen LogP contribution >= 0.6 is 27.5 Å². The average Bonchev–Trinajstić information content (AvgIpc) is 2.41. The summed E-state index contributed by atoms with van der Waals surface area (Å²) >= 11 is 9.35. The summed E-state index contributed by atoms with van der Waals surface area (Å²) in [7, 11) is 0. The third-order valence-corrected chi connectivity index (χ3v) is 4.50. The van der Waals surface area contributed by atoms with Gasteiger partial charge < -0.3 is 10.4 Å². The Bertz CT molecular complexity index is 615. The molecule has 2 atom stereocenters. The van der Waals surface area contributed by atoms with E-state index in [1.165, 1.54) is 0 Å². The van der Waals surface area contributed by atoms with Crippen molar-refractivity contribution in [3.63, 3.8) is 0 Å². The Morgan fingerprint density at radius 2 is 2.10 bits per heavy atom. The topological polar surface area (TPSA) is 66.4 Å². The number of aliphatic carboxylic acids is 1. The number of nitrogens with one attached hydrogen (secondary N) is 1. The van der Waals surface area contributed by atoms with E-state index in [2.05, 4.69) is 21.2 Å². The highest BCUT2D eigenvalue weighted by Gasteiger charge is 2.36. The van der Waals surface area contributed by atoms with Gasteiger partial charge in [0.25, 0.3) is 0 Å². The molecule has 1 amide bonds. The highest BCUT2D eigenvalue weighted by atomic mass is 79.9. The number of benzene rings is 1. The standard InChI is InChI=1S/C15H15BrClNO3/c1-8-2-5-13(12(16)6-8)18-14(19)11-7-9(17)3-4-10(11)15(20)21/h2-3,5-6,10-11H,4,7H2,1H3,(H,18,19)(H,20,21)/t10-,11+/m1/s1. The van der Waals surface area contributed by atoms with E-state index in [9.17, 15) is 14.7 Å². The first-order valence-electron chi connectivity index (χ1n) is 6.53. The van der Waals surface area contributed by atoms with Crippen LogP contribution in [0, 0.1) is 18.8 Å². The van der Waals surface area contributed by atoms with Gasteiger partial charge in [0.1, 0.15) is 0 Å². The van der Waals surface area contributed by atoms with Gasteiger partial charge in [0.05, 0.1) is 17.5 Å². The van der Waals surface area contributed by atoms with Crippen LogP contribution < -0.4 is 5.32 Å². The number of carboxylic acids is 1. The Kier molecular flexibility index (Phi) is 5.06. The molecule has 1 aliphatic rings. The molecule has 4 nitrogen and oxygen atoms in total. The maximum atomic E-state index is 12.4. The van der Waals surface area contributed by atoms with E-state index in [1.807, 2.05) is 19.1 Å². The van der Waals surface area contributed by atoms with Gasteiger partial charge in [-0.1, -0.05) is 23.7 Å². The second kappa shape index (κ2) is 6.62. The molecule has 0 radical (unpaired) electrons. The van der Waals surface area contributed by atoms with Crippen LogP contribution in [0.15, 0.2) is 33.8 Å². The number of hydrogen-bond donors (Lipinski definition) is 2. The Morgan fingerprint density at radius 3 is 2.71 bits per heavy atom. The Morgan fingerprint density at radius 1 is 1.38 bits per heavy atom. The molecule has 0 fully saturated rings. The Balaban J connectivity index is 2.18. The normalized spacial score (nSPS) is 21.6. The molecular formula is C15H15BrClNO3. The molecule has 0 aliphatic heterocycles. The number of carboxylic acid groups (broad SMARTS) is 1. The van der Waals surface area contributed by atoms with Crippen LogP contribution in [0.25, 0.3) is 0 Å². The number of carbonyl (C=O) groups excluding carboxylic acids is 1. The van der Waals surface area contributed by atoms with E-state index in [1.54, 1.807) is 12.1 Å². The Labute approximate surface area is 136 Å². The van der Waals surface area contributed by atoms with Crippen molar-refractivity contribution < 1.29 is 14.7 Å². The van der Waals surface area contributed by atoms with Gasteiger partial charge in [-0.3, -0.25) is 9.59 Å². The fourth-order valence-electron chi connectivity index (χ4n) is 2.35. The van der Waals surface area contributed by atoms with E-state index in [0.717, 1.165) is 10.0 Å². The predicted octanol–water partition coefficient (Wildman–Crippen LogP) is 3.93. The van der Waals surface area contributed by atoms with Crippen molar-refractivity contribution in [2.45, 2.75) is 19.8 Å². The van der Waals surface area contributed by atoms with Crippen LogP contribution in [0.4, 0.5) is 5.69 Å². The van der Waals surface area contributed by atoms with E-state index >= 15 is 0 Å². The van der Waals surface area contributed by atoms with Crippen molar-refractivity contribution in [3.8, 4) is 0 Å². The molecule has 0 saturated carbocycles. The van der Waals surface area contributed by atoms with Crippen LogP contribution in [-0.4, -0.2) is 17.0 Å². The molecule has 0 saturated heterocycles. The molecule has 1 aliphatic carbocycles. The maximum Gasteiger partial charge on any atom is 0.307 e. The zero-order chi connectivity index (χ0) is 15.6. The molecule has 2 N–H and O–H groups in total. The monoisotopic (exact) mass is 371 g/mol. The summed E-state index contributed by atoms with van der Waals surface area (Å²) in [6.45, 7) is 1.95. The minimum Gasteiger partial charge on any atom is -0.481 e. The summed E-state index contributed by atoms with van der Waals surface area (Å²) < 4.78 is 0.764. The van der Waals surface area contributed by atoms with E-state index < -0.39 is 17.8 Å². The molecule has 0 unspecified atom stereocenters. The van der Waals surface area contributed by atoms with Crippen molar-refractivity contribution in [3.05, 3.63) is 39.3 Å². The second-order valence-corrected chi connectivity index (χ2v) is 6.45. The summed E-state index contributed by atoms with van der Waals surface area (Å²) in [6.07, 6.45) is 2.21. The smallest absolute Gasteiger partial charge is 0.307 e. The van der Waals surface area contributed by atoms with Crippen LogP contribution in [0.3, 0.4) is 0 Å². The van der Waals surface area contributed by atoms with Crippen molar-refractivity contribution in [1.82, 2.24) is 0 Å². The Hall–Kier alpha value is -1.33. The lowest BCUT2D eigenvalue weighted by Crippen LogP contribution is -2.35. The number of rotatable bonds is 3. The second-order valence-electron chi connectivity index (χ2n) is 5.11. The largest absolute Gasteiger partial charge is 0.481 e. The number of aryl methyl sites for hydroxylation is 1. The molecule has 112 valence electrons. The van der Waals surface area contributed by atoms with Gasteiger partial charge in [0, 0.05) is 9.51 Å². The molecule has 6 heteroatoms. The molecular weight excluding hydrogens is 358 g/mol. The van der Waals surface area contributed by atoms with Gasteiger partial charge in [0.15, 0.2) is 0 Å². The van der Waals surface area contributed by atoms with Gasteiger partial charge in [-0.25, -0.2) is 0 Å². The highest BCUT2D eigenvalue weighted by molar-refractivity contribution is 9.10. The van der Waals surface area contributed by atoms with Crippen molar-refractivity contribution in [2.75, 3.05) is 5.32 Å². The van der Waals surface area contributed by atoms with Crippen LogP contribution in [-0.2, 0) is 9.59 Å². The van der Waals surface area contributed by atoms with Gasteiger partial charge in [0.2, 0.25) is 5.91 Å². The summed E-state index contributed by atoms with van der Waals surface area (Å²) in [6, 6.07) is 5.55. The lowest BCUT2D eigenvalue weighted by Gasteiger charge is -2.26. The molecule has 0 bridgehead atoms. The lowest BCUT2D eigenvalue weighted by atomic mass is 9.82. The number of amides is 1. The van der Waals surface area contributed by atoms with Crippen molar-refractivity contribution >= 4 is 45.1 Å². The number of carbonyl (C=O) groups is 2. The van der Waals surface area contributed by atoms with Crippen molar-refractivity contribution in [2.24, 2.45) is 11.8 Å². The summed E-state index contributed by atoms with van der Waals surface area (Å²) in [5, 5.41) is 12.6. The van der Waals surface area contributed by atoms with Gasteiger partial charge >= 0.3 is 5.97 Å². The number of allylic oxidation sites excluding steroid dienone is 2. The quantitative estimate of drug-likeness (QED) is 0.845. The lowest BCUT2D eigenvalue weighted by molar-refractivity contribution is -0.146. The third kappa shape index (κ3) is 3.86. The number of halogens is 2. The van der Waals surface area contributed by atoms with Gasteiger partial charge in [-0.2, -0.15) is 0 Å². The zero-order valence-electron chi connectivity index (χ0n) is 11.4. The number of hydrogen-bond acceptors (Lipinski definition) is 2. The highest BCUT2D eigenvalue weighted by Crippen LogP contribution is 2.33. The van der Waals surface area contributed by atoms with E-state index in [0.29, 0.717) is 10.7 Å². The average molecular weight is 373 g/mol. The molecule has 1 aromatic rings. The van der Waals surface area contributed by atoms with Crippen LogP contribution in [0.2, 0.25) is 0 Å². The molecule has 0 heterocycles. The number of anilines is 1. The fraction of sp³-hybridized carbons (Fsp3) is 0.333. The predicted molar refractivity (Wildman–Crippen MR) is 85.3 cm³/mol. The molecule has 2 rings (SSSR count). The van der Waals surface area contributed by atoms with Crippen LogP contribution in [0.1, 0.15) is 18.4 Å². The maximum absolute atomic E-state index is 12.4. The van der Waals surface area contributed by atoms with Crippen molar-refractivity contribution in [1.29, 1.82) is 0 Å². The minimum atomic E-state index is -0.974. The van der Waals surface area contributed by atoms with E-state index in [4.69, 9.17) is 11.6 Å². The van der Waals surface area contributed by atoms with Crippen LogP contribution in [0.5, 0.6) is 0 Å². The first-order chi connectivity index (χ1) is 9.88. The molecule has 0 aromatic heterocycles. The van der Waals surface area contributed by atoms with Gasteiger partial charge in [-0.15, -0.1) is 0 Å². The molecule has 0 spiro atoms.